The van der Waals surface area contributed by atoms with E-state index in [2.05, 4.69) is 4.99 Å². The zero-order valence-electron chi connectivity index (χ0n) is 15.0. The lowest BCUT2D eigenvalue weighted by Crippen LogP contribution is -2.49. The number of hydrogen-bond donors (Lipinski definition) is 0. The first kappa shape index (κ1) is 21.2. The molecule has 0 aromatic rings. The van der Waals surface area contributed by atoms with Crippen LogP contribution in [0.1, 0.15) is 33.6 Å². The Morgan fingerprint density at radius 1 is 1.09 bits per heavy atom. The standard InChI is InChI=1S/C14H29NO5Si2/c1-11(9-13(3)16)15-12(2)10-14(17)19-22(7,8)20-21(5,6)18-4/h11H,9-10H2,1-8H3/b15-12+. The summed E-state index contributed by atoms with van der Waals surface area (Å²) in [5.74, 6) is -0.269. The van der Waals surface area contributed by atoms with Gasteiger partial charge in [-0.1, -0.05) is 0 Å². The summed E-state index contributed by atoms with van der Waals surface area (Å²) in [5, 5.41) is 0. The first-order chi connectivity index (χ1) is 9.87. The summed E-state index contributed by atoms with van der Waals surface area (Å²) in [6, 6.07) is -0.119. The molecule has 0 fully saturated rings. The van der Waals surface area contributed by atoms with Crippen LogP contribution < -0.4 is 0 Å². The Bertz CT molecular complexity index is 435. The second-order valence-corrected chi connectivity index (χ2v) is 13.4. The molecule has 0 radical (unpaired) electrons. The number of rotatable bonds is 9. The van der Waals surface area contributed by atoms with Gasteiger partial charge in [-0.05, 0) is 47.0 Å². The van der Waals surface area contributed by atoms with Crippen molar-refractivity contribution in [2.45, 2.75) is 65.8 Å². The number of Topliss-reactive ketones (excluding diaryl/α,β-unsaturated/α-hetero) is 1. The van der Waals surface area contributed by atoms with Crippen LogP contribution in [0.15, 0.2) is 4.99 Å². The maximum Gasteiger partial charge on any atom is 0.386 e. The molecule has 1 unspecified atom stereocenters. The van der Waals surface area contributed by atoms with E-state index in [9.17, 15) is 9.59 Å². The predicted molar refractivity (Wildman–Crippen MR) is 91.6 cm³/mol. The average molecular weight is 348 g/mol. The van der Waals surface area contributed by atoms with E-state index in [1.54, 1.807) is 14.0 Å². The molecule has 0 aromatic heterocycles. The quantitative estimate of drug-likeness (QED) is 0.473. The van der Waals surface area contributed by atoms with Gasteiger partial charge in [0.05, 0.1) is 12.5 Å². The summed E-state index contributed by atoms with van der Waals surface area (Å²) in [7, 11) is -3.22. The second kappa shape index (κ2) is 8.71. The minimum atomic E-state index is -2.58. The maximum atomic E-state index is 12.0. The van der Waals surface area contributed by atoms with Crippen molar-refractivity contribution in [2.24, 2.45) is 4.99 Å². The number of carbonyl (C=O) groups is 2. The number of hydrogen-bond acceptors (Lipinski definition) is 6. The first-order valence-corrected chi connectivity index (χ1v) is 13.0. The van der Waals surface area contributed by atoms with Gasteiger partial charge in [0.15, 0.2) is 0 Å². The van der Waals surface area contributed by atoms with Crippen molar-refractivity contribution in [3.63, 3.8) is 0 Å². The fourth-order valence-corrected chi connectivity index (χ4v) is 7.91. The van der Waals surface area contributed by atoms with Gasteiger partial charge in [-0.2, -0.15) is 0 Å². The van der Waals surface area contributed by atoms with Gasteiger partial charge >= 0.3 is 17.1 Å². The van der Waals surface area contributed by atoms with Crippen molar-refractivity contribution >= 4 is 34.6 Å². The van der Waals surface area contributed by atoms with Gasteiger partial charge in [-0.25, -0.2) is 0 Å². The van der Waals surface area contributed by atoms with Crippen LogP contribution in [-0.4, -0.2) is 47.7 Å². The van der Waals surface area contributed by atoms with Crippen LogP contribution in [0.5, 0.6) is 0 Å². The zero-order valence-corrected chi connectivity index (χ0v) is 17.0. The van der Waals surface area contributed by atoms with Crippen molar-refractivity contribution < 1.29 is 22.6 Å². The van der Waals surface area contributed by atoms with Crippen LogP contribution in [-0.2, 0) is 22.6 Å². The Morgan fingerprint density at radius 2 is 1.64 bits per heavy atom. The van der Waals surface area contributed by atoms with Gasteiger partial charge in [0.1, 0.15) is 5.78 Å². The highest BCUT2D eigenvalue weighted by Gasteiger charge is 2.38. The number of carbonyl (C=O) groups excluding carboxylic acids is 2. The highest BCUT2D eigenvalue weighted by Crippen LogP contribution is 2.16. The summed E-state index contributed by atoms with van der Waals surface area (Å²) in [6.07, 6.45) is 0.486. The molecule has 0 rings (SSSR count). The minimum absolute atomic E-state index is 0.0836. The summed E-state index contributed by atoms with van der Waals surface area (Å²) >= 11 is 0. The normalized spacial score (nSPS) is 14.6. The lowest BCUT2D eigenvalue weighted by molar-refractivity contribution is -0.134. The van der Waals surface area contributed by atoms with Crippen molar-refractivity contribution in [3.05, 3.63) is 0 Å². The number of aliphatic imine (C=N–C) groups is 1. The van der Waals surface area contributed by atoms with Crippen molar-refractivity contribution in [2.75, 3.05) is 7.11 Å². The molecule has 0 bridgehead atoms. The Morgan fingerprint density at radius 3 is 2.09 bits per heavy atom. The van der Waals surface area contributed by atoms with E-state index < -0.39 is 17.1 Å². The minimum Gasteiger partial charge on any atom is -0.495 e. The van der Waals surface area contributed by atoms with E-state index in [1.165, 1.54) is 6.92 Å². The third-order valence-electron chi connectivity index (χ3n) is 2.77. The summed E-state index contributed by atoms with van der Waals surface area (Å²) in [5.41, 5.74) is 0.659. The van der Waals surface area contributed by atoms with Crippen LogP contribution in [0.25, 0.3) is 0 Å². The summed E-state index contributed by atoms with van der Waals surface area (Å²) < 4.78 is 16.7. The van der Waals surface area contributed by atoms with Gasteiger partial charge < -0.3 is 13.0 Å². The Balaban J connectivity index is 4.55. The molecule has 0 aromatic carbocycles. The molecule has 0 saturated carbocycles. The van der Waals surface area contributed by atoms with E-state index in [-0.39, 0.29) is 24.2 Å². The molecule has 0 spiro atoms. The zero-order chi connectivity index (χ0) is 17.6. The fourth-order valence-electron chi connectivity index (χ4n) is 2.06. The van der Waals surface area contributed by atoms with E-state index in [4.69, 9.17) is 13.0 Å². The molecule has 6 nitrogen and oxygen atoms in total. The van der Waals surface area contributed by atoms with E-state index in [1.807, 2.05) is 33.1 Å². The van der Waals surface area contributed by atoms with Crippen molar-refractivity contribution in [3.8, 4) is 0 Å². The van der Waals surface area contributed by atoms with E-state index >= 15 is 0 Å². The van der Waals surface area contributed by atoms with Crippen LogP contribution in [0.3, 0.4) is 0 Å². The highest BCUT2D eigenvalue weighted by atomic mass is 28.5. The Hall–Kier alpha value is -0.836. The number of ketones is 1. The molecule has 0 N–H and O–H groups in total. The van der Waals surface area contributed by atoms with E-state index in [0.717, 1.165) is 0 Å². The predicted octanol–water partition coefficient (Wildman–Crippen LogP) is 2.81. The van der Waals surface area contributed by atoms with Gasteiger partial charge in [0, 0.05) is 19.2 Å². The van der Waals surface area contributed by atoms with Gasteiger partial charge in [-0.15, -0.1) is 0 Å². The van der Waals surface area contributed by atoms with Gasteiger partial charge in [0.2, 0.25) is 0 Å². The van der Waals surface area contributed by atoms with Crippen LogP contribution in [0, 0.1) is 0 Å². The molecule has 22 heavy (non-hydrogen) atoms. The first-order valence-electron chi connectivity index (χ1n) is 7.37. The smallest absolute Gasteiger partial charge is 0.386 e. The van der Waals surface area contributed by atoms with Gasteiger partial charge in [0.25, 0.3) is 5.97 Å². The fraction of sp³-hybridized carbons (Fsp3) is 0.786. The largest absolute Gasteiger partial charge is 0.495 e. The van der Waals surface area contributed by atoms with Crippen LogP contribution in [0.4, 0.5) is 0 Å². The third-order valence-corrected chi connectivity index (χ3v) is 8.40. The number of nitrogens with zero attached hydrogens (tertiary/aromatic N) is 1. The molecule has 0 aliphatic rings. The van der Waals surface area contributed by atoms with Crippen LogP contribution >= 0.6 is 0 Å². The highest BCUT2D eigenvalue weighted by molar-refractivity contribution is 6.79. The van der Waals surface area contributed by atoms with E-state index in [0.29, 0.717) is 12.1 Å². The average Bonchev–Trinajstić information content (AvgIpc) is 2.23. The molecular formula is C14H29NO5Si2. The maximum absolute atomic E-state index is 12.0. The molecule has 128 valence electrons. The Kier molecular flexibility index (Phi) is 8.38. The molecular weight excluding hydrogens is 318 g/mol. The molecule has 8 heteroatoms. The lowest BCUT2D eigenvalue weighted by atomic mass is 10.2. The Labute approximate surface area is 135 Å². The molecule has 0 aliphatic carbocycles. The molecule has 0 heterocycles. The molecule has 0 saturated heterocycles. The SMILES string of the molecule is CO[Si](C)(C)O[Si](C)(C)OC(=O)C/C(C)=N/C(C)CC(C)=O. The summed E-state index contributed by atoms with van der Waals surface area (Å²) in [4.78, 5) is 27.4. The second-order valence-electron chi connectivity index (χ2n) is 6.38. The molecule has 1 atom stereocenters. The summed E-state index contributed by atoms with van der Waals surface area (Å²) in [6.45, 7) is 12.6. The molecule has 0 amide bonds. The van der Waals surface area contributed by atoms with Gasteiger partial charge in [-0.3, -0.25) is 14.6 Å². The van der Waals surface area contributed by atoms with Crippen molar-refractivity contribution in [1.29, 1.82) is 0 Å². The van der Waals surface area contributed by atoms with Crippen LogP contribution in [0.2, 0.25) is 26.2 Å². The third kappa shape index (κ3) is 9.98. The monoisotopic (exact) mass is 347 g/mol. The molecule has 0 aliphatic heterocycles. The lowest BCUT2D eigenvalue weighted by Gasteiger charge is -2.31. The topological polar surface area (TPSA) is 74.2 Å². The van der Waals surface area contributed by atoms with Crippen molar-refractivity contribution in [1.82, 2.24) is 0 Å².